The van der Waals surface area contributed by atoms with Gasteiger partial charge in [0.25, 0.3) is 5.69 Å². The van der Waals surface area contributed by atoms with E-state index in [1.165, 1.54) is 18.2 Å². The minimum atomic E-state index is -0.460. The Hall–Kier alpha value is -2.66. The lowest BCUT2D eigenvalue weighted by molar-refractivity contribution is -0.384. The van der Waals surface area contributed by atoms with Crippen LogP contribution in [0.4, 0.5) is 5.69 Å². The van der Waals surface area contributed by atoms with Crippen molar-refractivity contribution in [3.05, 3.63) is 80.9 Å². The fourth-order valence-corrected chi connectivity index (χ4v) is 2.07. The molecule has 0 aromatic heterocycles. The second-order valence-electron chi connectivity index (χ2n) is 5.00. The van der Waals surface area contributed by atoms with Crippen molar-refractivity contribution < 1.29 is 9.72 Å². The van der Waals surface area contributed by atoms with Crippen molar-refractivity contribution in [2.45, 2.75) is 6.54 Å². The van der Waals surface area contributed by atoms with E-state index in [4.69, 9.17) is 11.6 Å². The van der Waals surface area contributed by atoms with E-state index in [9.17, 15) is 14.9 Å². The summed E-state index contributed by atoms with van der Waals surface area (Å²) in [6, 6.07) is 13.3. The Labute approximate surface area is 139 Å². The number of halogens is 1. The van der Waals surface area contributed by atoms with E-state index in [1.807, 2.05) is 12.1 Å². The highest BCUT2D eigenvalue weighted by atomic mass is 35.5. The molecule has 23 heavy (non-hydrogen) atoms. The summed E-state index contributed by atoms with van der Waals surface area (Å²) in [5, 5.41) is 11.2. The molecule has 0 spiro atoms. The fourth-order valence-electron chi connectivity index (χ4n) is 1.94. The maximum Gasteiger partial charge on any atom is 0.269 e. The van der Waals surface area contributed by atoms with E-state index in [0.29, 0.717) is 11.6 Å². The second-order valence-corrected chi connectivity index (χ2v) is 5.44. The molecule has 1 amide bonds. The van der Waals surface area contributed by atoms with Crippen molar-refractivity contribution in [3.8, 4) is 0 Å². The van der Waals surface area contributed by atoms with E-state index in [1.54, 1.807) is 42.3 Å². The van der Waals surface area contributed by atoms with Crippen LogP contribution in [-0.4, -0.2) is 22.8 Å². The van der Waals surface area contributed by atoms with E-state index in [-0.39, 0.29) is 11.6 Å². The van der Waals surface area contributed by atoms with Gasteiger partial charge < -0.3 is 4.90 Å². The molecule has 6 heteroatoms. The number of rotatable bonds is 5. The molecule has 2 rings (SSSR count). The smallest absolute Gasteiger partial charge is 0.269 e. The molecule has 0 saturated heterocycles. The Balaban J connectivity index is 1.97. The van der Waals surface area contributed by atoms with Gasteiger partial charge in [-0.1, -0.05) is 23.7 Å². The summed E-state index contributed by atoms with van der Waals surface area (Å²) in [5.74, 6) is -0.154. The predicted molar refractivity (Wildman–Crippen MR) is 90.1 cm³/mol. The molecule has 2 aromatic rings. The summed E-state index contributed by atoms with van der Waals surface area (Å²) in [6.45, 7) is 0.473. The highest BCUT2D eigenvalue weighted by Gasteiger charge is 2.06. The van der Waals surface area contributed by atoms with Crippen LogP contribution in [0.2, 0.25) is 5.02 Å². The van der Waals surface area contributed by atoms with E-state index >= 15 is 0 Å². The first kappa shape index (κ1) is 16.7. The highest BCUT2D eigenvalue weighted by molar-refractivity contribution is 6.30. The van der Waals surface area contributed by atoms with Gasteiger partial charge in [-0.05, 0) is 41.5 Å². The number of carbonyl (C=O) groups is 1. The van der Waals surface area contributed by atoms with Gasteiger partial charge in [0.15, 0.2) is 0 Å². The van der Waals surface area contributed by atoms with Crippen LogP contribution in [0.25, 0.3) is 6.08 Å². The predicted octanol–water partition coefficient (Wildman–Crippen LogP) is 3.92. The maximum absolute atomic E-state index is 12.1. The van der Waals surface area contributed by atoms with Crippen molar-refractivity contribution in [2.24, 2.45) is 0 Å². The fraction of sp³-hybridized carbons (Fsp3) is 0.118. The molecule has 0 aliphatic rings. The van der Waals surface area contributed by atoms with Crippen molar-refractivity contribution >= 4 is 29.3 Å². The van der Waals surface area contributed by atoms with E-state index in [2.05, 4.69) is 0 Å². The second kappa shape index (κ2) is 7.56. The molecule has 5 nitrogen and oxygen atoms in total. The van der Waals surface area contributed by atoms with Gasteiger partial charge in [-0.3, -0.25) is 14.9 Å². The van der Waals surface area contributed by atoms with Crippen molar-refractivity contribution in [3.63, 3.8) is 0 Å². The number of likely N-dealkylation sites (N-methyl/N-ethyl adjacent to an activating group) is 1. The molecular weight excluding hydrogens is 316 g/mol. The molecule has 118 valence electrons. The monoisotopic (exact) mass is 330 g/mol. The van der Waals surface area contributed by atoms with Gasteiger partial charge in [0.05, 0.1) is 4.92 Å². The number of hydrogen-bond acceptors (Lipinski definition) is 3. The molecule has 0 bridgehead atoms. The lowest BCUT2D eigenvalue weighted by atomic mass is 10.2. The number of nitro benzene ring substituents is 1. The normalized spacial score (nSPS) is 10.7. The molecule has 0 fully saturated rings. The SMILES string of the molecule is CN(Cc1ccc(Cl)cc1)C(=O)C=Cc1ccc([N+](=O)[O-])cc1. The van der Waals surface area contributed by atoms with Crippen LogP contribution in [0.1, 0.15) is 11.1 Å². The lowest BCUT2D eigenvalue weighted by Crippen LogP contribution is -2.24. The molecule has 0 atom stereocenters. The Bertz CT molecular complexity index is 725. The zero-order valence-electron chi connectivity index (χ0n) is 12.5. The molecule has 0 heterocycles. The maximum atomic E-state index is 12.1. The number of hydrogen-bond donors (Lipinski definition) is 0. The van der Waals surface area contributed by atoms with Gasteiger partial charge in [0, 0.05) is 36.8 Å². The zero-order valence-corrected chi connectivity index (χ0v) is 13.2. The number of nitrogens with zero attached hydrogens (tertiary/aromatic N) is 2. The summed E-state index contributed by atoms with van der Waals surface area (Å²) in [7, 11) is 1.71. The van der Waals surface area contributed by atoms with E-state index in [0.717, 1.165) is 11.1 Å². The molecule has 0 unspecified atom stereocenters. The number of amides is 1. The third kappa shape index (κ3) is 4.93. The van der Waals surface area contributed by atoms with Crippen molar-refractivity contribution in [2.75, 3.05) is 7.05 Å². The summed E-state index contributed by atoms with van der Waals surface area (Å²) in [4.78, 5) is 23.8. The molecular formula is C17H15ClN2O3. The Morgan fingerprint density at radius 1 is 1.17 bits per heavy atom. The van der Waals surface area contributed by atoms with Crippen LogP contribution in [0.3, 0.4) is 0 Å². The standard InChI is InChI=1S/C17H15ClN2O3/c1-19(12-14-2-7-15(18)8-3-14)17(21)11-6-13-4-9-16(10-5-13)20(22)23/h2-11H,12H2,1H3. The first-order valence-corrected chi connectivity index (χ1v) is 7.25. The third-order valence-corrected chi connectivity index (χ3v) is 3.48. The van der Waals surface area contributed by atoms with Gasteiger partial charge in [-0.2, -0.15) is 0 Å². The van der Waals surface area contributed by atoms with Gasteiger partial charge in [0.1, 0.15) is 0 Å². The van der Waals surface area contributed by atoms with Gasteiger partial charge >= 0.3 is 0 Å². The van der Waals surface area contributed by atoms with Crippen LogP contribution in [0.15, 0.2) is 54.6 Å². The van der Waals surface area contributed by atoms with E-state index < -0.39 is 4.92 Å². The Morgan fingerprint density at radius 3 is 2.35 bits per heavy atom. The van der Waals surface area contributed by atoms with Crippen LogP contribution in [0.5, 0.6) is 0 Å². The van der Waals surface area contributed by atoms with Crippen molar-refractivity contribution in [1.29, 1.82) is 0 Å². The lowest BCUT2D eigenvalue weighted by Gasteiger charge is -2.15. The third-order valence-electron chi connectivity index (χ3n) is 3.23. The molecule has 0 saturated carbocycles. The van der Waals surface area contributed by atoms with Crippen LogP contribution in [0, 0.1) is 10.1 Å². The topological polar surface area (TPSA) is 63.5 Å². The van der Waals surface area contributed by atoms with Gasteiger partial charge in [0.2, 0.25) is 5.91 Å². The Morgan fingerprint density at radius 2 is 1.78 bits per heavy atom. The van der Waals surface area contributed by atoms with Crippen LogP contribution < -0.4 is 0 Å². The van der Waals surface area contributed by atoms with Gasteiger partial charge in [-0.15, -0.1) is 0 Å². The van der Waals surface area contributed by atoms with Crippen LogP contribution >= 0.6 is 11.6 Å². The number of non-ortho nitro benzene ring substituents is 1. The summed E-state index contributed by atoms with van der Waals surface area (Å²) < 4.78 is 0. The molecule has 0 N–H and O–H groups in total. The molecule has 0 aliphatic carbocycles. The van der Waals surface area contributed by atoms with Gasteiger partial charge in [-0.25, -0.2) is 0 Å². The largest absolute Gasteiger partial charge is 0.338 e. The van der Waals surface area contributed by atoms with Crippen LogP contribution in [-0.2, 0) is 11.3 Å². The number of carbonyl (C=O) groups excluding carboxylic acids is 1. The average Bonchev–Trinajstić information content (AvgIpc) is 2.55. The summed E-state index contributed by atoms with van der Waals surface area (Å²) in [6.07, 6.45) is 3.07. The van der Waals surface area contributed by atoms with Crippen molar-refractivity contribution in [1.82, 2.24) is 4.90 Å². The quantitative estimate of drug-likeness (QED) is 0.474. The highest BCUT2D eigenvalue weighted by Crippen LogP contribution is 2.14. The summed E-state index contributed by atoms with van der Waals surface area (Å²) >= 11 is 5.83. The molecule has 2 aromatic carbocycles. The number of benzene rings is 2. The number of nitro groups is 1. The first-order chi connectivity index (χ1) is 11.0. The summed E-state index contributed by atoms with van der Waals surface area (Å²) in [5.41, 5.74) is 1.73. The zero-order chi connectivity index (χ0) is 16.8. The minimum absolute atomic E-state index is 0.0216. The Kier molecular flexibility index (Phi) is 5.49. The minimum Gasteiger partial charge on any atom is -0.338 e. The molecule has 0 radical (unpaired) electrons. The average molecular weight is 331 g/mol. The first-order valence-electron chi connectivity index (χ1n) is 6.88. The molecule has 0 aliphatic heterocycles.